The quantitative estimate of drug-likeness (QED) is 0.259. The number of rotatable bonds is 12. The predicted molar refractivity (Wildman–Crippen MR) is 160 cm³/mol. The number of nitrogens with one attached hydrogen (secondary N) is 2. The summed E-state index contributed by atoms with van der Waals surface area (Å²) in [6, 6.07) is 21.8. The monoisotopic (exact) mass is 582 g/mol. The molecule has 0 radical (unpaired) electrons. The number of likely N-dealkylation sites (tertiary alicyclic amines) is 1. The lowest BCUT2D eigenvalue weighted by atomic mass is 10.0. The Morgan fingerprint density at radius 2 is 1.73 bits per heavy atom. The summed E-state index contributed by atoms with van der Waals surface area (Å²) in [6.45, 7) is 2.41. The van der Waals surface area contributed by atoms with Crippen LogP contribution in [-0.4, -0.2) is 71.7 Å². The van der Waals surface area contributed by atoms with E-state index in [1.165, 1.54) is 0 Å². The first-order valence-electron chi connectivity index (χ1n) is 13.8. The van der Waals surface area contributed by atoms with Gasteiger partial charge in [0, 0.05) is 26.1 Å². The molecule has 4 rings (SSSR count). The summed E-state index contributed by atoms with van der Waals surface area (Å²) < 4.78 is 5.81. The molecule has 0 spiro atoms. The van der Waals surface area contributed by atoms with Crippen molar-refractivity contribution in [2.24, 2.45) is 5.73 Å². The van der Waals surface area contributed by atoms with Crippen LogP contribution in [-0.2, 0) is 32.1 Å². The van der Waals surface area contributed by atoms with Crippen molar-refractivity contribution in [3.63, 3.8) is 0 Å². The molecule has 41 heavy (non-hydrogen) atoms. The lowest BCUT2D eigenvalue weighted by Crippen LogP contribution is -2.55. The van der Waals surface area contributed by atoms with E-state index in [1.54, 1.807) is 11.8 Å². The molecule has 220 valence electrons. The molecule has 1 saturated heterocycles. The average molecular weight is 583 g/mol. The molecule has 9 nitrogen and oxygen atoms in total. The fourth-order valence-corrected chi connectivity index (χ4v) is 4.91. The van der Waals surface area contributed by atoms with Crippen molar-refractivity contribution in [2.45, 2.75) is 57.1 Å². The topological polar surface area (TPSA) is 134 Å². The standard InChI is InChI=1S/C31H38N4O5.ClH/c1-21(40-20-22-8-3-2-4-9-22)31(39)35-15-7-12-28(35)30(38)34-27(29(37)33-19-26(36)18-32)17-23-13-14-24-10-5-6-11-25(24)16-23;/h2-6,8-11,13-14,16,21,26-28,36H,7,12,15,17-20,32H2,1H3,(H,33,37)(H,34,38);1H/t21?,26?,27-,28?;/m1./s1. The van der Waals surface area contributed by atoms with Crippen LogP contribution in [0.25, 0.3) is 10.8 Å². The number of carbonyl (C=O) groups is 3. The van der Waals surface area contributed by atoms with E-state index in [-0.39, 0.29) is 43.7 Å². The van der Waals surface area contributed by atoms with Crippen molar-refractivity contribution in [2.75, 3.05) is 19.6 Å². The van der Waals surface area contributed by atoms with E-state index in [0.29, 0.717) is 26.0 Å². The zero-order valence-electron chi connectivity index (χ0n) is 23.2. The van der Waals surface area contributed by atoms with E-state index < -0.39 is 30.2 Å². The number of hydrogen-bond donors (Lipinski definition) is 4. The van der Waals surface area contributed by atoms with Gasteiger partial charge >= 0.3 is 0 Å². The van der Waals surface area contributed by atoms with E-state index in [1.807, 2.05) is 72.8 Å². The Kier molecular flexibility index (Phi) is 12.1. The smallest absolute Gasteiger partial charge is 0.252 e. The fraction of sp³-hybridized carbons (Fsp3) is 0.387. The molecule has 3 unspecified atom stereocenters. The van der Waals surface area contributed by atoms with Crippen molar-refractivity contribution >= 4 is 40.9 Å². The van der Waals surface area contributed by atoms with Crippen molar-refractivity contribution in [1.82, 2.24) is 15.5 Å². The third kappa shape index (κ3) is 8.74. The summed E-state index contributed by atoms with van der Waals surface area (Å²) >= 11 is 0. The Labute approximate surface area is 246 Å². The Bertz CT molecular complexity index is 1310. The lowest BCUT2D eigenvalue weighted by molar-refractivity contribution is -0.148. The number of nitrogens with zero attached hydrogens (tertiary/aromatic N) is 1. The van der Waals surface area contributed by atoms with Crippen molar-refractivity contribution < 1.29 is 24.2 Å². The molecule has 3 aromatic rings. The summed E-state index contributed by atoms with van der Waals surface area (Å²) in [7, 11) is 0. The van der Waals surface area contributed by atoms with Gasteiger partial charge in [0.2, 0.25) is 11.8 Å². The first-order valence-corrected chi connectivity index (χ1v) is 13.8. The van der Waals surface area contributed by atoms with Crippen LogP contribution < -0.4 is 16.4 Å². The van der Waals surface area contributed by atoms with Gasteiger partial charge in [-0.3, -0.25) is 14.4 Å². The van der Waals surface area contributed by atoms with Gasteiger partial charge in [0.25, 0.3) is 5.91 Å². The van der Waals surface area contributed by atoms with E-state index in [9.17, 15) is 19.5 Å². The van der Waals surface area contributed by atoms with Gasteiger partial charge in [0.1, 0.15) is 18.2 Å². The van der Waals surface area contributed by atoms with Gasteiger partial charge in [0.15, 0.2) is 0 Å². The van der Waals surface area contributed by atoms with Crippen LogP contribution >= 0.6 is 12.4 Å². The highest BCUT2D eigenvalue weighted by Gasteiger charge is 2.37. The molecule has 1 heterocycles. The molecule has 3 aromatic carbocycles. The highest BCUT2D eigenvalue weighted by molar-refractivity contribution is 5.93. The number of fused-ring (bicyclic) bond motifs is 1. The molecule has 5 N–H and O–H groups in total. The zero-order chi connectivity index (χ0) is 28.5. The van der Waals surface area contributed by atoms with E-state index >= 15 is 0 Å². The number of benzene rings is 3. The maximum atomic E-state index is 13.5. The van der Waals surface area contributed by atoms with Gasteiger partial charge in [0.05, 0.1) is 12.7 Å². The number of amides is 3. The SMILES string of the molecule is CC(OCc1ccccc1)C(=O)N1CCCC1C(=O)N[C@H](Cc1ccc2ccccc2c1)C(=O)NCC(O)CN.Cl. The van der Waals surface area contributed by atoms with Crippen molar-refractivity contribution in [3.8, 4) is 0 Å². The summed E-state index contributed by atoms with van der Waals surface area (Å²) in [6.07, 6.45) is -0.179. The maximum Gasteiger partial charge on any atom is 0.252 e. The number of halogens is 1. The third-order valence-electron chi connectivity index (χ3n) is 7.20. The van der Waals surface area contributed by atoms with Gasteiger partial charge < -0.3 is 31.1 Å². The zero-order valence-corrected chi connectivity index (χ0v) is 24.0. The number of carbonyl (C=O) groups excluding carboxylic acids is 3. The van der Waals surface area contributed by atoms with Gasteiger partial charge in [-0.2, -0.15) is 0 Å². The Morgan fingerprint density at radius 1 is 1.02 bits per heavy atom. The molecule has 1 fully saturated rings. The van der Waals surface area contributed by atoms with Crippen LogP contribution in [0, 0.1) is 0 Å². The second-order valence-corrected chi connectivity index (χ2v) is 10.2. The number of aliphatic hydroxyl groups excluding tert-OH is 1. The molecule has 0 aliphatic carbocycles. The van der Waals surface area contributed by atoms with Crippen LogP contribution in [0.15, 0.2) is 72.8 Å². The number of nitrogens with two attached hydrogens (primary N) is 1. The minimum Gasteiger partial charge on any atom is -0.390 e. The van der Waals surface area contributed by atoms with E-state index in [2.05, 4.69) is 10.6 Å². The second kappa shape index (κ2) is 15.5. The maximum absolute atomic E-state index is 13.5. The van der Waals surface area contributed by atoms with Crippen LogP contribution in [0.2, 0.25) is 0 Å². The molecule has 3 amide bonds. The number of aliphatic hydroxyl groups is 1. The van der Waals surface area contributed by atoms with Gasteiger partial charge in [-0.15, -0.1) is 12.4 Å². The minimum atomic E-state index is -0.900. The molecule has 0 bridgehead atoms. The molecule has 0 aromatic heterocycles. The first kappa shape index (κ1) is 32.0. The predicted octanol–water partition coefficient (Wildman–Crippen LogP) is 2.32. The van der Waals surface area contributed by atoms with Crippen molar-refractivity contribution in [1.29, 1.82) is 0 Å². The average Bonchev–Trinajstić information content (AvgIpc) is 3.48. The second-order valence-electron chi connectivity index (χ2n) is 10.2. The summed E-state index contributed by atoms with van der Waals surface area (Å²) in [5, 5.41) is 17.5. The van der Waals surface area contributed by atoms with Crippen LogP contribution in [0.3, 0.4) is 0 Å². The highest BCUT2D eigenvalue weighted by Crippen LogP contribution is 2.21. The van der Waals surface area contributed by atoms with Crippen LogP contribution in [0.4, 0.5) is 0 Å². The Balaban J connectivity index is 0.00000462. The Hall–Kier alpha value is -3.50. The van der Waals surface area contributed by atoms with Gasteiger partial charge in [-0.25, -0.2) is 0 Å². The third-order valence-corrected chi connectivity index (χ3v) is 7.20. The molecular formula is C31H39ClN4O5. The Morgan fingerprint density at radius 3 is 2.46 bits per heavy atom. The van der Waals surface area contributed by atoms with Crippen LogP contribution in [0.1, 0.15) is 30.9 Å². The molecule has 1 aliphatic rings. The highest BCUT2D eigenvalue weighted by atomic mass is 35.5. The molecular weight excluding hydrogens is 544 g/mol. The van der Waals surface area contributed by atoms with E-state index in [4.69, 9.17) is 10.5 Å². The number of ether oxygens (including phenoxy) is 1. The minimum absolute atomic E-state index is 0. The fourth-order valence-electron chi connectivity index (χ4n) is 4.91. The van der Waals surface area contributed by atoms with Crippen LogP contribution in [0.5, 0.6) is 0 Å². The normalized spacial score (nSPS) is 16.9. The summed E-state index contributed by atoms with van der Waals surface area (Å²) in [5.74, 6) is -1.07. The first-order chi connectivity index (χ1) is 19.4. The van der Waals surface area contributed by atoms with Crippen molar-refractivity contribution in [3.05, 3.63) is 83.9 Å². The molecule has 1 aliphatic heterocycles. The molecule has 4 atom stereocenters. The summed E-state index contributed by atoms with van der Waals surface area (Å²) in [4.78, 5) is 41.4. The number of hydrogen-bond acceptors (Lipinski definition) is 6. The molecule has 10 heteroatoms. The van der Waals surface area contributed by atoms with E-state index in [0.717, 1.165) is 21.9 Å². The summed E-state index contributed by atoms with van der Waals surface area (Å²) in [5.41, 5.74) is 7.31. The largest absolute Gasteiger partial charge is 0.390 e. The van der Waals surface area contributed by atoms with Gasteiger partial charge in [-0.05, 0) is 41.7 Å². The molecule has 0 saturated carbocycles. The lowest BCUT2D eigenvalue weighted by Gasteiger charge is -2.28. The van der Waals surface area contributed by atoms with Gasteiger partial charge in [-0.1, -0.05) is 72.8 Å².